The lowest BCUT2D eigenvalue weighted by Crippen LogP contribution is -2.43. The average molecular weight is 320 g/mol. The molecule has 1 aromatic carbocycles. The quantitative estimate of drug-likeness (QED) is 0.861. The molecular weight excluding hydrogens is 296 g/mol. The predicted molar refractivity (Wildman–Crippen MR) is 86.8 cm³/mol. The number of carbonyl (C=O) groups excluding carboxylic acids is 1. The Balaban J connectivity index is 1.40. The third-order valence-corrected chi connectivity index (χ3v) is 4.12. The van der Waals surface area contributed by atoms with Crippen LogP contribution in [0.5, 0.6) is 5.75 Å². The van der Waals surface area contributed by atoms with Crippen LogP contribution in [0.3, 0.4) is 0 Å². The van der Waals surface area contributed by atoms with E-state index in [0.29, 0.717) is 39.5 Å². The van der Waals surface area contributed by atoms with Gasteiger partial charge in [0.2, 0.25) is 5.91 Å². The van der Waals surface area contributed by atoms with Crippen LogP contribution in [-0.2, 0) is 14.3 Å². The van der Waals surface area contributed by atoms with E-state index in [0.717, 1.165) is 30.9 Å². The van der Waals surface area contributed by atoms with Crippen LogP contribution < -0.4 is 10.1 Å². The molecule has 2 aliphatic rings. The van der Waals surface area contributed by atoms with Crippen LogP contribution in [0, 0.1) is 0 Å². The van der Waals surface area contributed by atoms with E-state index in [9.17, 15) is 4.79 Å². The normalized spacial score (nSPS) is 21.2. The van der Waals surface area contributed by atoms with Gasteiger partial charge in [0.15, 0.2) is 0 Å². The van der Waals surface area contributed by atoms with E-state index in [1.54, 1.807) is 0 Å². The number of nitrogens with one attached hydrogen (secondary N) is 1. The molecule has 1 amide bonds. The van der Waals surface area contributed by atoms with Crippen LogP contribution >= 0.6 is 0 Å². The number of nitrogens with zero attached hydrogens (tertiary/aromatic N) is 1. The SMILES string of the molecule is O=C(CNc1ccc(OCC2CCCO2)cc1)N1CCOCC1. The summed E-state index contributed by atoms with van der Waals surface area (Å²) in [6.45, 7) is 4.35. The van der Waals surface area contributed by atoms with Gasteiger partial charge in [0.05, 0.1) is 25.9 Å². The molecule has 0 saturated carbocycles. The Kier molecular flexibility index (Phi) is 5.71. The molecule has 0 radical (unpaired) electrons. The summed E-state index contributed by atoms with van der Waals surface area (Å²) in [6.07, 6.45) is 2.41. The Bertz CT molecular complexity index is 494. The fraction of sp³-hybridized carbons (Fsp3) is 0.588. The van der Waals surface area contributed by atoms with Crippen molar-refractivity contribution in [2.45, 2.75) is 18.9 Å². The largest absolute Gasteiger partial charge is 0.491 e. The summed E-state index contributed by atoms with van der Waals surface area (Å²) in [4.78, 5) is 13.9. The van der Waals surface area contributed by atoms with Gasteiger partial charge in [-0.05, 0) is 37.1 Å². The van der Waals surface area contributed by atoms with Gasteiger partial charge >= 0.3 is 0 Å². The molecular formula is C17H24N2O4. The van der Waals surface area contributed by atoms with E-state index in [1.807, 2.05) is 29.2 Å². The van der Waals surface area contributed by atoms with Gasteiger partial charge in [-0.1, -0.05) is 0 Å². The second-order valence-electron chi connectivity index (χ2n) is 5.82. The topological polar surface area (TPSA) is 60.0 Å². The summed E-state index contributed by atoms with van der Waals surface area (Å²) in [6, 6.07) is 7.68. The number of anilines is 1. The molecule has 0 bridgehead atoms. The first-order valence-corrected chi connectivity index (χ1v) is 8.25. The van der Waals surface area contributed by atoms with E-state index in [4.69, 9.17) is 14.2 Å². The van der Waals surface area contributed by atoms with Crippen LogP contribution in [0.1, 0.15) is 12.8 Å². The van der Waals surface area contributed by atoms with Crippen molar-refractivity contribution in [1.82, 2.24) is 4.90 Å². The number of hydrogen-bond acceptors (Lipinski definition) is 5. The van der Waals surface area contributed by atoms with Crippen molar-refractivity contribution in [2.24, 2.45) is 0 Å². The summed E-state index contributed by atoms with van der Waals surface area (Å²) in [5.41, 5.74) is 0.913. The molecule has 1 aromatic rings. The van der Waals surface area contributed by atoms with Gasteiger partial charge in [0.25, 0.3) is 0 Å². The zero-order chi connectivity index (χ0) is 15.9. The molecule has 23 heavy (non-hydrogen) atoms. The van der Waals surface area contributed by atoms with Gasteiger partial charge in [0.1, 0.15) is 12.4 Å². The summed E-state index contributed by atoms with van der Waals surface area (Å²) in [7, 11) is 0. The minimum Gasteiger partial charge on any atom is -0.491 e. The van der Waals surface area contributed by atoms with E-state index < -0.39 is 0 Å². The Morgan fingerprint density at radius 2 is 2.00 bits per heavy atom. The Morgan fingerprint density at radius 3 is 2.70 bits per heavy atom. The smallest absolute Gasteiger partial charge is 0.242 e. The van der Waals surface area contributed by atoms with Crippen LogP contribution in [0.25, 0.3) is 0 Å². The zero-order valence-corrected chi connectivity index (χ0v) is 13.3. The molecule has 1 atom stereocenters. The minimum atomic E-state index is 0.104. The van der Waals surface area contributed by atoms with Gasteiger partial charge in [0, 0.05) is 25.4 Å². The van der Waals surface area contributed by atoms with Gasteiger partial charge in [-0.25, -0.2) is 0 Å². The number of carbonyl (C=O) groups is 1. The summed E-state index contributed by atoms with van der Waals surface area (Å²) in [5.74, 6) is 0.928. The molecule has 6 nitrogen and oxygen atoms in total. The second-order valence-corrected chi connectivity index (χ2v) is 5.82. The maximum absolute atomic E-state index is 12.1. The Labute approximate surface area is 136 Å². The Hall–Kier alpha value is -1.79. The lowest BCUT2D eigenvalue weighted by atomic mass is 10.2. The lowest BCUT2D eigenvalue weighted by molar-refractivity contribution is -0.133. The van der Waals surface area contributed by atoms with E-state index in [-0.39, 0.29) is 12.0 Å². The molecule has 6 heteroatoms. The standard InChI is InChI=1S/C17H24N2O4/c20-17(19-7-10-21-11-8-19)12-18-14-3-5-15(6-4-14)23-13-16-2-1-9-22-16/h3-6,16,18H,1-2,7-13H2. The predicted octanol–water partition coefficient (Wildman–Crippen LogP) is 1.52. The van der Waals surface area contributed by atoms with Crippen molar-refractivity contribution in [3.63, 3.8) is 0 Å². The van der Waals surface area contributed by atoms with Crippen LogP contribution in [0.4, 0.5) is 5.69 Å². The van der Waals surface area contributed by atoms with E-state index in [1.165, 1.54) is 0 Å². The molecule has 126 valence electrons. The highest BCUT2D eigenvalue weighted by Crippen LogP contribution is 2.18. The summed E-state index contributed by atoms with van der Waals surface area (Å²) in [5, 5.41) is 3.15. The van der Waals surface area contributed by atoms with Gasteiger partial charge in [-0.2, -0.15) is 0 Å². The molecule has 2 saturated heterocycles. The molecule has 2 aliphatic heterocycles. The molecule has 1 N–H and O–H groups in total. The molecule has 0 spiro atoms. The minimum absolute atomic E-state index is 0.104. The van der Waals surface area contributed by atoms with E-state index >= 15 is 0 Å². The highest BCUT2D eigenvalue weighted by Gasteiger charge is 2.17. The van der Waals surface area contributed by atoms with Crippen molar-refractivity contribution in [3.05, 3.63) is 24.3 Å². The highest BCUT2D eigenvalue weighted by atomic mass is 16.5. The number of morpholine rings is 1. The maximum atomic E-state index is 12.1. The third-order valence-electron chi connectivity index (χ3n) is 4.12. The molecule has 2 fully saturated rings. The molecule has 0 aliphatic carbocycles. The van der Waals surface area contributed by atoms with Gasteiger partial charge in [-0.15, -0.1) is 0 Å². The zero-order valence-electron chi connectivity index (χ0n) is 13.3. The average Bonchev–Trinajstić information content (AvgIpc) is 3.13. The molecule has 0 aromatic heterocycles. The van der Waals surface area contributed by atoms with E-state index in [2.05, 4.69) is 5.32 Å². The van der Waals surface area contributed by atoms with Gasteiger partial charge < -0.3 is 24.4 Å². The first-order chi connectivity index (χ1) is 11.3. The van der Waals surface area contributed by atoms with Gasteiger partial charge in [-0.3, -0.25) is 4.79 Å². The third kappa shape index (κ3) is 4.84. The van der Waals surface area contributed by atoms with Crippen molar-refractivity contribution in [2.75, 3.05) is 51.4 Å². The van der Waals surface area contributed by atoms with Crippen LogP contribution in [-0.4, -0.2) is 63.0 Å². The lowest BCUT2D eigenvalue weighted by Gasteiger charge is -2.27. The molecule has 1 unspecified atom stereocenters. The number of rotatable bonds is 6. The van der Waals surface area contributed by atoms with Crippen molar-refractivity contribution >= 4 is 11.6 Å². The fourth-order valence-electron chi connectivity index (χ4n) is 2.74. The maximum Gasteiger partial charge on any atom is 0.242 e. The molecule has 2 heterocycles. The van der Waals surface area contributed by atoms with Crippen LogP contribution in [0.15, 0.2) is 24.3 Å². The number of benzene rings is 1. The summed E-state index contributed by atoms with van der Waals surface area (Å²) >= 11 is 0. The number of ether oxygens (including phenoxy) is 3. The number of amides is 1. The first kappa shape index (κ1) is 16.1. The molecule has 3 rings (SSSR count). The second kappa shape index (κ2) is 8.17. The highest BCUT2D eigenvalue weighted by molar-refractivity contribution is 5.81. The summed E-state index contributed by atoms with van der Waals surface area (Å²) < 4.78 is 16.5. The number of hydrogen-bond donors (Lipinski definition) is 1. The monoisotopic (exact) mass is 320 g/mol. The van der Waals surface area contributed by atoms with Crippen LogP contribution in [0.2, 0.25) is 0 Å². The fourth-order valence-corrected chi connectivity index (χ4v) is 2.74. The first-order valence-electron chi connectivity index (χ1n) is 8.25. The van der Waals surface area contributed by atoms with Crippen molar-refractivity contribution in [1.29, 1.82) is 0 Å². The van der Waals surface area contributed by atoms with Crippen molar-refractivity contribution in [3.8, 4) is 5.75 Å². The van der Waals surface area contributed by atoms with Crippen molar-refractivity contribution < 1.29 is 19.0 Å². The Morgan fingerprint density at radius 1 is 1.22 bits per heavy atom.